The lowest BCUT2D eigenvalue weighted by Gasteiger charge is -2.21. The molecule has 3 N–H and O–H groups in total. The summed E-state index contributed by atoms with van der Waals surface area (Å²) in [4.78, 5) is 12.2. The third-order valence-corrected chi connectivity index (χ3v) is 3.65. The van der Waals surface area contributed by atoms with Gasteiger partial charge in [-0.25, -0.2) is 0 Å². The molecular weight excluding hydrogens is 272 g/mol. The molecule has 0 bridgehead atoms. The zero-order valence-electron chi connectivity index (χ0n) is 11.4. The predicted octanol–water partition coefficient (Wildman–Crippen LogP) is 1.90. The van der Waals surface area contributed by atoms with Gasteiger partial charge in [0.05, 0.1) is 12.5 Å². The first kappa shape index (κ1) is 14.9. The van der Waals surface area contributed by atoms with Crippen molar-refractivity contribution in [3.8, 4) is 0 Å². The van der Waals surface area contributed by atoms with Crippen molar-refractivity contribution in [1.82, 2.24) is 5.32 Å². The largest absolute Gasteiger partial charge is 0.389 e. The molecule has 1 aromatic rings. The first-order valence-corrected chi connectivity index (χ1v) is 7.33. The summed E-state index contributed by atoms with van der Waals surface area (Å²) in [6.45, 7) is 1.29. The molecule has 0 saturated carbocycles. The molecule has 20 heavy (non-hydrogen) atoms. The van der Waals surface area contributed by atoms with Gasteiger partial charge in [-0.05, 0) is 24.8 Å². The summed E-state index contributed by atoms with van der Waals surface area (Å²) >= 11 is 4.90. The zero-order chi connectivity index (χ0) is 14.4. The van der Waals surface area contributed by atoms with Crippen LogP contribution in [0.15, 0.2) is 24.3 Å². The van der Waals surface area contributed by atoms with E-state index in [1.54, 1.807) is 0 Å². The SMILES string of the molecule is NC(=S)c1ccc(CNC(=O)CC2CCCCO2)cc1. The van der Waals surface area contributed by atoms with Gasteiger partial charge in [0.15, 0.2) is 0 Å². The van der Waals surface area contributed by atoms with E-state index in [1.807, 2.05) is 24.3 Å². The summed E-state index contributed by atoms with van der Waals surface area (Å²) in [6, 6.07) is 7.58. The molecule has 1 atom stereocenters. The maximum absolute atomic E-state index is 11.8. The first-order chi connectivity index (χ1) is 9.65. The fraction of sp³-hybridized carbons (Fsp3) is 0.467. The van der Waals surface area contributed by atoms with Crippen LogP contribution in [0.4, 0.5) is 0 Å². The monoisotopic (exact) mass is 292 g/mol. The van der Waals surface area contributed by atoms with Crippen LogP contribution in [-0.2, 0) is 16.1 Å². The van der Waals surface area contributed by atoms with Gasteiger partial charge < -0.3 is 15.8 Å². The third kappa shape index (κ3) is 4.58. The van der Waals surface area contributed by atoms with Crippen LogP contribution < -0.4 is 11.1 Å². The highest BCUT2D eigenvalue weighted by molar-refractivity contribution is 7.80. The number of amides is 1. The average Bonchev–Trinajstić information content (AvgIpc) is 2.46. The highest BCUT2D eigenvalue weighted by atomic mass is 32.1. The Kier molecular flexibility index (Phi) is 5.49. The quantitative estimate of drug-likeness (QED) is 0.814. The molecule has 0 spiro atoms. The van der Waals surface area contributed by atoms with Crippen molar-refractivity contribution >= 4 is 23.1 Å². The average molecular weight is 292 g/mol. The van der Waals surface area contributed by atoms with E-state index in [0.717, 1.165) is 37.0 Å². The molecule has 1 heterocycles. The molecule has 0 aliphatic carbocycles. The highest BCUT2D eigenvalue weighted by Gasteiger charge is 2.17. The van der Waals surface area contributed by atoms with Crippen molar-refractivity contribution in [3.05, 3.63) is 35.4 Å². The summed E-state index contributed by atoms with van der Waals surface area (Å²) < 4.78 is 5.55. The Balaban J connectivity index is 1.76. The minimum Gasteiger partial charge on any atom is -0.389 e. The van der Waals surface area contributed by atoms with Crippen LogP contribution in [-0.4, -0.2) is 23.6 Å². The van der Waals surface area contributed by atoms with E-state index in [2.05, 4.69) is 5.32 Å². The van der Waals surface area contributed by atoms with E-state index >= 15 is 0 Å². The molecule has 1 aliphatic heterocycles. The molecule has 0 radical (unpaired) electrons. The van der Waals surface area contributed by atoms with Gasteiger partial charge in [0.25, 0.3) is 0 Å². The van der Waals surface area contributed by atoms with Crippen LogP contribution in [0.2, 0.25) is 0 Å². The van der Waals surface area contributed by atoms with E-state index in [0.29, 0.717) is 18.0 Å². The Bertz CT molecular complexity index is 467. The number of thiocarbonyl (C=S) groups is 1. The van der Waals surface area contributed by atoms with Gasteiger partial charge in [0.2, 0.25) is 5.91 Å². The standard InChI is InChI=1S/C15H20N2O2S/c16-15(20)12-6-4-11(5-7-12)10-17-14(18)9-13-3-1-2-8-19-13/h4-7,13H,1-3,8-10H2,(H2,16,20)(H,17,18). The maximum Gasteiger partial charge on any atom is 0.222 e. The van der Waals surface area contributed by atoms with E-state index in [1.165, 1.54) is 0 Å². The third-order valence-electron chi connectivity index (χ3n) is 3.42. The lowest BCUT2D eigenvalue weighted by molar-refractivity contribution is -0.125. The number of nitrogens with two attached hydrogens (primary N) is 1. The lowest BCUT2D eigenvalue weighted by Crippen LogP contribution is -2.30. The zero-order valence-corrected chi connectivity index (χ0v) is 12.2. The normalized spacial score (nSPS) is 18.5. The number of carbonyl (C=O) groups excluding carboxylic acids is 1. The molecule has 0 aromatic heterocycles. The maximum atomic E-state index is 11.8. The van der Waals surface area contributed by atoms with Crippen LogP contribution >= 0.6 is 12.2 Å². The van der Waals surface area contributed by atoms with Crippen LogP contribution in [0.5, 0.6) is 0 Å². The van der Waals surface area contributed by atoms with Gasteiger partial charge in [-0.2, -0.15) is 0 Å². The fourth-order valence-corrected chi connectivity index (χ4v) is 2.37. The number of hydrogen-bond acceptors (Lipinski definition) is 3. The Morgan fingerprint density at radius 2 is 2.10 bits per heavy atom. The van der Waals surface area contributed by atoms with E-state index in [9.17, 15) is 4.79 Å². The Hall–Kier alpha value is -1.46. The van der Waals surface area contributed by atoms with Crippen molar-refractivity contribution in [2.24, 2.45) is 5.73 Å². The van der Waals surface area contributed by atoms with Crippen molar-refractivity contribution in [3.63, 3.8) is 0 Å². The molecule has 1 saturated heterocycles. The summed E-state index contributed by atoms with van der Waals surface area (Å²) in [5, 5.41) is 2.91. The van der Waals surface area contributed by atoms with E-state index < -0.39 is 0 Å². The van der Waals surface area contributed by atoms with Crippen molar-refractivity contribution in [2.75, 3.05) is 6.61 Å². The van der Waals surface area contributed by atoms with Gasteiger partial charge in [-0.3, -0.25) is 4.79 Å². The summed E-state index contributed by atoms with van der Waals surface area (Å²) in [7, 11) is 0. The second-order valence-corrected chi connectivity index (χ2v) is 5.47. The van der Waals surface area contributed by atoms with Crippen LogP contribution in [0.25, 0.3) is 0 Å². The Morgan fingerprint density at radius 3 is 2.70 bits per heavy atom. The predicted molar refractivity (Wildman–Crippen MR) is 82.4 cm³/mol. The van der Waals surface area contributed by atoms with Gasteiger partial charge in [0.1, 0.15) is 4.99 Å². The molecule has 4 nitrogen and oxygen atoms in total. The van der Waals surface area contributed by atoms with Gasteiger partial charge in [0, 0.05) is 18.7 Å². The molecular formula is C15H20N2O2S. The topological polar surface area (TPSA) is 64.3 Å². The summed E-state index contributed by atoms with van der Waals surface area (Å²) in [6.07, 6.45) is 3.77. The van der Waals surface area contributed by atoms with E-state index in [4.69, 9.17) is 22.7 Å². The number of carbonyl (C=O) groups is 1. The van der Waals surface area contributed by atoms with Crippen molar-refractivity contribution < 1.29 is 9.53 Å². The Labute approximate surface area is 124 Å². The number of rotatable bonds is 5. The van der Waals surface area contributed by atoms with Gasteiger partial charge >= 0.3 is 0 Å². The highest BCUT2D eigenvalue weighted by Crippen LogP contribution is 2.15. The minimum absolute atomic E-state index is 0.0373. The Morgan fingerprint density at radius 1 is 1.35 bits per heavy atom. The number of hydrogen-bond donors (Lipinski definition) is 2. The second kappa shape index (κ2) is 7.36. The summed E-state index contributed by atoms with van der Waals surface area (Å²) in [5.74, 6) is 0.0373. The number of ether oxygens (including phenoxy) is 1. The number of nitrogens with one attached hydrogen (secondary N) is 1. The van der Waals surface area contributed by atoms with Gasteiger partial charge in [-0.15, -0.1) is 0 Å². The molecule has 1 fully saturated rings. The lowest BCUT2D eigenvalue weighted by atomic mass is 10.1. The molecule has 2 rings (SSSR count). The fourth-order valence-electron chi connectivity index (χ4n) is 2.23. The van der Waals surface area contributed by atoms with E-state index in [-0.39, 0.29) is 12.0 Å². The van der Waals surface area contributed by atoms with Crippen LogP contribution in [0, 0.1) is 0 Å². The van der Waals surface area contributed by atoms with Crippen LogP contribution in [0.3, 0.4) is 0 Å². The van der Waals surface area contributed by atoms with Crippen molar-refractivity contribution in [1.29, 1.82) is 0 Å². The number of benzene rings is 1. The first-order valence-electron chi connectivity index (χ1n) is 6.92. The van der Waals surface area contributed by atoms with Gasteiger partial charge in [-0.1, -0.05) is 36.5 Å². The van der Waals surface area contributed by atoms with Crippen molar-refractivity contribution in [2.45, 2.75) is 38.3 Å². The molecule has 1 unspecified atom stereocenters. The van der Waals surface area contributed by atoms with Crippen LogP contribution in [0.1, 0.15) is 36.8 Å². The smallest absolute Gasteiger partial charge is 0.222 e. The molecule has 108 valence electrons. The molecule has 1 aliphatic rings. The molecule has 1 amide bonds. The summed E-state index contributed by atoms with van der Waals surface area (Å²) in [5.41, 5.74) is 7.41. The second-order valence-electron chi connectivity index (χ2n) is 5.03. The molecule has 5 heteroatoms. The molecule has 1 aromatic carbocycles. The minimum atomic E-state index is 0.0373.